The lowest BCUT2D eigenvalue weighted by molar-refractivity contribution is 0.283. The summed E-state index contributed by atoms with van der Waals surface area (Å²) in [5.41, 5.74) is 6.56. The van der Waals surface area contributed by atoms with E-state index in [0.717, 1.165) is 60.9 Å². The molecule has 1 aliphatic rings. The number of aromatic nitrogens is 2. The number of hydrogen-bond donors (Lipinski definition) is 2. The molecule has 0 unspecified atom stereocenters. The van der Waals surface area contributed by atoms with Gasteiger partial charge in [0.1, 0.15) is 11.8 Å². The fourth-order valence-corrected chi connectivity index (χ4v) is 3.59. The van der Waals surface area contributed by atoms with Gasteiger partial charge in [0.2, 0.25) is 11.7 Å². The van der Waals surface area contributed by atoms with Gasteiger partial charge < -0.3 is 19.9 Å². The van der Waals surface area contributed by atoms with E-state index in [2.05, 4.69) is 35.3 Å². The van der Waals surface area contributed by atoms with E-state index in [1.54, 1.807) is 4.90 Å². The smallest absolute Gasteiger partial charge is 0.249 e. The molecule has 1 aliphatic heterocycles. The van der Waals surface area contributed by atoms with Crippen molar-refractivity contribution in [3.63, 3.8) is 0 Å². The predicted octanol–water partition coefficient (Wildman–Crippen LogP) is 4.10. The number of likely N-dealkylation sites (tertiary alicyclic amines) is 1. The van der Waals surface area contributed by atoms with E-state index in [0.29, 0.717) is 11.7 Å². The van der Waals surface area contributed by atoms with Crippen LogP contribution in [-0.2, 0) is 0 Å². The molecule has 1 saturated heterocycles. The summed E-state index contributed by atoms with van der Waals surface area (Å²) in [5.74, 6) is 2.00. The van der Waals surface area contributed by atoms with Gasteiger partial charge in [-0.3, -0.25) is 5.41 Å². The first kappa shape index (κ1) is 18.3. The van der Waals surface area contributed by atoms with Crippen molar-refractivity contribution in [2.24, 2.45) is 5.73 Å². The van der Waals surface area contributed by atoms with Gasteiger partial charge in [0.15, 0.2) is 5.96 Å². The van der Waals surface area contributed by atoms with Gasteiger partial charge in [0, 0.05) is 12.1 Å². The van der Waals surface area contributed by atoms with E-state index >= 15 is 0 Å². The van der Waals surface area contributed by atoms with Crippen LogP contribution in [0.2, 0.25) is 0 Å². The molecule has 146 valence electrons. The minimum absolute atomic E-state index is 0.0462. The third-order valence-corrected chi connectivity index (χ3v) is 5.13. The van der Waals surface area contributed by atoms with Gasteiger partial charge in [-0.25, -0.2) is 0 Å². The molecule has 0 radical (unpaired) electrons. The molecule has 4 rings (SSSR count). The highest BCUT2D eigenvalue weighted by molar-refractivity contribution is 5.87. The minimum atomic E-state index is -0.109. The SMILES string of the molecule is CCCCOc1ccc2cc(-c3noc([C@@H]4CCCN4C(=N)N)n3)ccc2c1. The normalized spacial score (nSPS) is 16.6. The molecule has 0 amide bonds. The number of fused-ring (bicyclic) bond motifs is 1. The molecule has 0 spiro atoms. The van der Waals surface area contributed by atoms with Crippen LogP contribution in [0.5, 0.6) is 5.75 Å². The second kappa shape index (κ2) is 7.88. The summed E-state index contributed by atoms with van der Waals surface area (Å²) in [6.07, 6.45) is 3.99. The Morgan fingerprint density at radius 1 is 1.29 bits per heavy atom. The zero-order valence-corrected chi connectivity index (χ0v) is 16.0. The topological polar surface area (TPSA) is 101 Å². The molecule has 28 heavy (non-hydrogen) atoms. The first-order valence-corrected chi connectivity index (χ1v) is 9.77. The predicted molar refractivity (Wildman–Crippen MR) is 108 cm³/mol. The summed E-state index contributed by atoms with van der Waals surface area (Å²) in [5, 5.41) is 14.1. The number of hydrogen-bond acceptors (Lipinski definition) is 5. The molecular formula is C21H25N5O2. The van der Waals surface area contributed by atoms with Crippen LogP contribution in [0.1, 0.15) is 44.5 Å². The van der Waals surface area contributed by atoms with E-state index in [-0.39, 0.29) is 12.0 Å². The summed E-state index contributed by atoms with van der Waals surface area (Å²) in [4.78, 5) is 6.38. The van der Waals surface area contributed by atoms with Crippen molar-refractivity contribution < 1.29 is 9.26 Å². The van der Waals surface area contributed by atoms with Crippen molar-refractivity contribution in [2.75, 3.05) is 13.2 Å². The summed E-state index contributed by atoms with van der Waals surface area (Å²) < 4.78 is 11.3. The van der Waals surface area contributed by atoms with E-state index < -0.39 is 0 Å². The Morgan fingerprint density at radius 2 is 2.11 bits per heavy atom. The highest BCUT2D eigenvalue weighted by Crippen LogP contribution is 2.32. The van der Waals surface area contributed by atoms with Crippen LogP contribution in [0.4, 0.5) is 0 Å². The highest BCUT2D eigenvalue weighted by Gasteiger charge is 2.31. The maximum Gasteiger partial charge on any atom is 0.249 e. The fraction of sp³-hybridized carbons (Fsp3) is 0.381. The van der Waals surface area contributed by atoms with Crippen LogP contribution < -0.4 is 10.5 Å². The standard InChI is InChI=1S/C21H25N5O2/c1-2-3-11-27-17-9-8-14-12-16(7-6-15(14)13-17)19-24-20(28-25-19)18-5-4-10-26(18)21(22)23/h6-9,12-13,18H,2-5,10-11H2,1H3,(H3,22,23)/t18-/m0/s1. The highest BCUT2D eigenvalue weighted by atomic mass is 16.5. The molecular weight excluding hydrogens is 354 g/mol. The Bertz CT molecular complexity index is 984. The summed E-state index contributed by atoms with van der Waals surface area (Å²) >= 11 is 0. The summed E-state index contributed by atoms with van der Waals surface area (Å²) in [6.45, 7) is 3.64. The monoisotopic (exact) mass is 379 g/mol. The van der Waals surface area contributed by atoms with Crippen LogP contribution in [0.15, 0.2) is 40.9 Å². The minimum Gasteiger partial charge on any atom is -0.494 e. The van der Waals surface area contributed by atoms with Gasteiger partial charge >= 0.3 is 0 Å². The molecule has 3 aromatic rings. The van der Waals surface area contributed by atoms with Crippen LogP contribution in [-0.4, -0.2) is 34.2 Å². The third-order valence-electron chi connectivity index (χ3n) is 5.13. The number of unbranched alkanes of at least 4 members (excludes halogenated alkanes) is 1. The molecule has 7 nitrogen and oxygen atoms in total. The van der Waals surface area contributed by atoms with E-state index in [1.165, 1.54) is 0 Å². The third kappa shape index (κ3) is 3.65. The molecule has 2 heterocycles. The average Bonchev–Trinajstić information content (AvgIpc) is 3.37. The average molecular weight is 379 g/mol. The largest absolute Gasteiger partial charge is 0.494 e. The number of nitrogens with two attached hydrogens (primary N) is 1. The first-order valence-electron chi connectivity index (χ1n) is 9.77. The molecule has 1 atom stereocenters. The van der Waals surface area contributed by atoms with E-state index in [9.17, 15) is 0 Å². The quantitative estimate of drug-likeness (QED) is 0.380. The van der Waals surface area contributed by atoms with Crippen LogP contribution in [0.3, 0.4) is 0 Å². The zero-order chi connectivity index (χ0) is 19.5. The van der Waals surface area contributed by atoms with Crippen molar-refractivity contribution in [1.82, 2.24) is 15.0 Å². The number of guanidine groups is 1. The second-order valence-electron chi connectivity index (χ2n) is 7.12. The molecule has 0 bridgehead atoms. The van der Waals surface area contributed by atoms with Crippen LogP contribution >= 0.6 is 0 Å². The molecule has 1 fully saturated rings. The van der Waals surface area contributed by atoms with Gasteiger partial charge in [0.25, 0.3) is 0 Å². The maximum atomic E-state index is 7.71. The van der Waals surface area contributed by atoms with Gasteiger partial charge in [-0.2, -0.15) is 4.98 Å². The van der Waals surface area contributed by atoms with Crippen molar-refractivity contribution in [3.8, 4) is 17.1 Å². The van der Waals surface area contributed by atoms with Gasteiger partial charge in [-0.15, -0.1) is 0 Å². The lowest BCUT2D eigenvalue weighted by Crippen LogP contribution is -2.35. The Morgan fingerprint density at radius 3 is 2.93 bits per heavy atom. The fourth-order valence-electron chi connectivity index (χ4n) is 3.59. The zero-order valence-electron chi connectivity index (χ0n) is 16.0. The second-order valence-corrected chi connectivity index (χ2v) is 7.12. The molecule has 1 aromatic heterocycles. The Balaban J connectivity index is 1.55. The van der Waals surface area contributed by atoms with Crippen molar-refractivity contribution >= 4 is 16.7 Å². The van der Waals surface area contributed by atoms with Crippen LogP contribution in [0, 0.1) is 5.41 Å². The lowest BCUT2D eigenvalue weighted by atomic mass is 10.1. The van der Waals surface area contributed by atoms with Gasteiger partial charge in [-0.1, -0.05) is 36.7 Å². The Labute approximate surface area is 164 Å². The number of nitrogens with one attached hydrogen (secondary N) is 1. The first-order chi connectivity index (χ1) is 13.7. The van der Waals surface area contributed by atoms with Crippen LogP contribution in [0.25, 0.3) is 22.2 Å². The van der Waals surface area contributed by atoms with E-state index in [1.807, 2.05) is 18.2 Å². The number of rotatable bonds is 6. The van der Waals surface area contributed by atoms with Crippen molar-refractivity contribution in [1.29, 1.82) is 5.41 Å². The molecule has 0 saturated carbocycles. The summed E-state index contributed by atoms with van der Waals surface area (Å²) in [7, 11) is 0. The molecule has 0 aliphatic carbocycles. The molecule has 3 N–H and O–H groups in total. The van der Waals surface area contributed by atoms with Gasteiger partial charge in [0.05, 0.1) is 6.61 Å². The number of ether oxygens (including phenoxy) is 1. The van der Waals surface area contributed by atoms with Gasteiger partial charge in [-0.05, 0) is 48.2 Å². The lowest BCUT2D eigenvalue weighted by Gasteiger charge is -2.21. The number of nitrogens with zero attached hydrogens (tertiary/aromatic N) is 3. The van der Waals surface area contributed by atoms with E-state index in [4.69, 9.17) is 20.4 Å². The Kier molecular flexibility index (Phi) is 5.14. The summed E-state index contributed by atoms with van der Waals surface area (Å²) in [6, 6.07) is 12.1. The maximum absolute atomic E-state index is 7.71. The number of benzene rings is 2. The molecule has 7 heteroatoms. The van der Waals surface area contributed by atoms with Crippen molar-refractivity contribution in [2.45, 2.75) is 38.6 Å². The van der Waals surface area contributed by atoms with Crippen molar-refractivity contribution in [3.05, 3.63) is 42.3 Å². The molecule has 2 aromatic carbocycles. The Hall–Kier alpha value is -3.09.